The number of rotatable bonds is 22. The molecule has 200 valence electrons. The minimum Gasteiger partial charge on any atom is -0.465 e. The van der Waals surface area contributed by atoms with Gasteiger partial charge >= 0.3 is 5.97 Å². The molecule has 0 aliphatic rings. The molecule has 0 aliphatic heterocycles. The number of nitrogens with zero attached hydrogens (tertiary/aromatic N) is 2. The van der Waals surface area contributed by atoms with E-state index in [1.165, 1.54) is 76.3 Å². The highest BCUT2D eigenvalue weighted by atomic mass is 16.5. The first-order valence-electron chi connectivity index (χ1n) is 14.4. The second-order valence-corrected chi connectivity index (χ2v) is 10.3. The van der Waals surface area contributed by atoms with E-state index in [2.05, 4.69) is 44.5 Å². The van der Waals surface area contributed by atoms with Crippen LogP contribution in [0.3, 0.4) is 0 Å². The third kappa shape index (κ3) is 15.0. The number of imidazole rings is 1. The second kappa shape index (κ2) is 20.4. The van der Waals surface area contributed by atoms with Crippen LogP contribution in [0, 0.1) is 11.8 Å². The highest BCUT2D eigenvalue weighted by molar-refractivity contribution is 5.69. The summed E-state index contributed by atoms with van der Waals surface area (Å²) in [4.78, 5) is 16.6. The van der Waals surface area contributed by atoms with Crippen molar-refractivity contribution in [1.82, 2.24) is 9.55 Å². The van der Waals surface area contributed by atoms with E-state index in [1.54, 1.807) is 0 Å². The Hall–Kier alpha value is -1.84. The number of allylic oxidation sites excluding steroid dienone is 3. The van der Waals surface area contributed by atoms with Crippen molar-refractivity contribution >= 4 is 5.97 Å². The molecular weight excluding hydrogens is 432 g/mol. The molecule has 1 aromatic heterocycles. The lowest BCUT2D eigenvalue weighted by Crippen LogP contribution is -2.25. The zero-order valence-electron chi connectivity index (χ0n) is 23.4. The van der Waals surface area contributed by atoms with E-state index in [0.717, 1.165) is 31.3 Å². The summed E-state index contributed by atoms with van der Waals surface area (Å²) >= 11 is 0. The van der Waals surface area contributed by atoms with Gasteiger partial charge in [-0.1, -0.05) is 89.5 Å². The lowest BCUT2D eigenvalue weighted by Gasteiger charge is -2.26. The molecule has 1 heterocycles. The minimum absolute atomic E-state index is 0.0609. The smallest absolute Gasteiger partial charge is 0.305 e. The molecule has 0 amide bonds. The van der Waals surface area contributed by atoms with Crippen LogP contribution in [0.15, 0.2) is 36.8 Å². The van der Waals surface area contributed by atoms with Crippen molar-refractivity contribution in [3.63, 3.8) is 0 Å². The largest absolute Gasteiger partial charge is 0.465 e. The van der Waals surface area contributed by atoms with Crippen molar-refractivity contribution in [1.29, 1.82) is 0 Å². The van der Waals surface area contributed by atoms with Crippen molar-refractivity contribution in [2.75, 3.05) is 6.61 Å². The van der Waals surface area contributed by atoms with E-state index in [9.17, 15) is 4.79 Å². The maximum atomic E-state index is 12.4. The highest BCUT2D eigenvalue weighted by Crippen LogP contribution is 2.27. The fourth-order valence-electron chi connectivity index (χ4n) is 4.86. The third-order valence-electron chi connectivity index (χ3n) is 7.13. The Balaban J connectivity index is 2.13. The van der Waals surface area contributed by atoms with Crippen LogP contribution in [0.25, 0.3) is 0 Å². The van der Waals surface area contributed by atoms with E-state index in [-0.39, 0.29) is 11.9 Å². The summed E-state index contributed by atoms with van der Waals surface area (Å²) in [5.41, 5.74) is 2.33. The average molecular weight is 487 g/mol. The Morgan fingerprint density at radius 3 is 2.14 bits per heavy atom. The molecule has 0 radical (unpaired) electrons. The zero-order valence-corrected chi connectivity index (χ0v) is 23.4. The summed E-state index contributed by atoms with van der Waals surface area (Å²) in [6.45, 7) is 11.2. The normalized spacial score (nSPS) is 13.3. The Labute approximate surface area is 216 Å². The summed E-state index contributed by atoms with van der Waals surface area (Å²) < 4.78 is 7.77. The molecule has 0 bridgehead atoms. The Kier molecular flexibility index (Phi) is 18.1. The number of ether oxygens (including phenoxy) is 1. The van der Waals surface area contributed by atoms with Crippen LogP contribution in [-0.4, -0.2) is 22.1 Å². The molecule has 0 spiro atoms. The number of hydrogen-bond donors (Lipinski definition) is 0. The maximum Gasteiger partial charge on any atom is 0.305 e. The van der Waals surface area contributed by atoms with Crippen LogP contribution in [0.5, 0.6) is 0 Å². The molecule has 1 rings (SSSR count). The van der Waals surface area contributed by atoms with Gasteiger partial charge in [-0.15, -0.1) is 0 Å². The molecular formula is C31H54N2O2. The first-order chi connectivity index (χ1) is 17.0. The minimum atomic E-state index is -0.0609. The number of aryl methyl sites for hydroxylation is 1. The number of hydrogen-bond acceptors (Lipinski definition) is 3. The number of esters is 1. The van der Waals surface area contributed by atoms with Crippen molar-refractivity contribution in [2.45, 2.75) is 124 Å². The standard InChI is InChI=1S/C31H54N2O2/c1-6-8-9-10-11-12-13-14-15-16-17-18-19-20-21-22-31(34)35-25-28(30(7-2)27(3)4)23-29-24-32-26-33(29)5/h14-15,24,26,28,30H,3,6-13,16-23,25H2,1-2,4-5H3/b15-14-. The summed E-state index contributed by atoms with van der Waals surface area (Å²) in [6, 6.07) is 0. The Morgan fingerprint density at radius 2 is 1.60 bits per heavy atom. The van der Waals surface area contributed by atoms with Crippen LogP contribution >= 0.6 is 0 Å². The predicted molar refractivity (Wildman–Crippen MR) is 149 cm³/mol. The van der Waals surface area contributed by atoms with Crippen LogP contribution in [-0.2, 0) is 23.0 Å². The molecule has 35 heavy (non-hydrogen) atoms. The average Bonchev–Trinajstić information content (AvgIpc) is 3.24. The lowest BCUT2D eigenvalue weighted by molar-refractivity contribution is -0.145. The molecule has 4 nitrogen and oxygen atoms in total. The van der Waals surface area contributed by atoms with Crippen molar-refractivity contribution < 1.29 is 9.53 Å². The van der Waals surface area contributed by atoms with Gasteiger partial charge in [0.2, 0.25) is 0 Å². The fraction of sp³-hybridized carbons (Fsp3) is 0.742. The molecule has 1 aromatic rings. The number of carbonyl (C=O) groups is 1. The van der Waals surface area contributed by atoms with Gasteiger partial charge in [0.1, 0.15) is 0 Å². The van der Waals surface area contributed by atoms with Crippen LogP contribution in [0.4, 0.5) is 0 Å². The van der Waals surface area contributed by atoms with E-state index in [1.807, 2.05) is 24.1 Å². The fourth-order valence-corrected chi connectivity index (χ4v) is 4.86. The van der Waals surface area contributed by atoms with Crippen LogP contribution in [0.2, 0.25) is 0 Å². The van der Waals surface area contributed by atoms with Gasteiger partial charge in [0.05, 0.1) is 12.9 Å². The summed E-state index contributed by atoms with van der Waals surface area (Å²) in [6.07, 6.45) is 27.3. The summed E-state index contributed by atoms with van der Waals surface area (Å²) in [7, 11) is 2.01. The van der Waals surface area contributed by atoms with Gasteiger partial charge in [0.15, 0.2) is 0 Å². The third-order valence-corrected chi connectivity index (χ3v) is 7.13. The van der Waals surface area contributed by atoms with E-state index >= 15 is 0 Å². The van der Waals surface area contributed by atoms with Crippen LogP contribution < -0.4 is 0 Å². The molecule has 2 atom stereocenters. The highest BCUT2D eigenvalue weighted by Gasteiger charge is 2.24. The monoisotopic (exact) mass is 486 g/mol. The molecule has 0 fully saturated rings. The second-order valence-electron chi connectivity index (χ2n) is 10.3. The van der Waals surface area contributed by atoms with E-state index in [4.69, 9.17) is 4.74 Å². The van der Waals surface area contributed by atoms with Gasteiger partial charge in [0, 0.05) is 31.3 Å². The predicted octanol–water partition coefficient (Wildman–Crippen LogP) is 8.76. The van der Waals surface area contributed by atoms with E-state index in [0.29, 0.717) is 18.9 Å². The summed E-state index contributed by atoms with van der Waals surface area (Å²) in [5.74, 6) is 0.526. The van der Waals surface area contributed by atoms with Crippen molar-refractivity contribution in [3.05, 3.63) is 42.5 Å². The van der Waals surface area contributed by atoms with Gasteiger partial charge < -0.3 is 9.30 Å². The molecule has 2 unspecified atom stereocenters. The quantitative estimate of drug-likeness (QED) is 0.0934. The molecule has 0 saturated heterocycles. The summed E-state index contributed by atoms with van der Waals surface area (Å²) in [5, 5.41) is 0. The van der Waals surface area contributed by atoms with Crippen molar-refractivity contribution in [2.24, 2.45) is 18.9 Å². The van der Waals surface area contributed by atoms with Gasteiger partial charge in [-0.2, -0.15) is 0 Å². The first-order valence-corrected chi connectivity index (χ1v) is 14.4. The SMILES string of the molecule is C=C(C)C(CC)C(COC(=O)CCCCCCC/C=C\CCCCCCCC)Cc1cncn1C. The number of carbonyl (C=O) groups excluding carboxylic acids is 1. The Morgan fingerprint density at radius 1 is 1.00 bits per heavy atom. The topological polar surface area (TPSA) is 44.1 Å². The van der Waals surface area contributed by atoms with Gasteiger partial charge in [-0.05, 0) is 57.8 Å². The lowest BCUT2D eigenvalue weighted by atomic mass is 9.82. The molecule has 0 saturated carbocycles. The molecule has 0 aromatic carbocycles. The van der Waals surface area contributed by atoms with Gasteiger partial charge in [0.25, 0.3) is 0 Å². The number of aromatic nitrogens is 2. The van der Waals surface area contributed by atoms with Gasteiger partial charge in [-0.25, -0.2) is 4.98 Å². The van der Waals surface area contributed by atoms with Crippen LogP contribution in [0.1, 0.15) is 123 Å². The maximum absolute atomic E-state index is 12.4. The number of unbranched alkanes of at least 4 members (excludes halogenated alkanes) is 11. The molecule has 0 aliphatic carbocycles. The molecule has 0 N–H and O–H groups in total. The zero-order chi connectivity index (χ0) is 25.7. The van der Waals surface area contributed by atoms with E-state index < -0.39 is 0 Å². The van der Waals surface area contributed by atoms with Crippen molar-refractivity contribution in [3.8, 4) is 0 Å². The van der Waals surface area contributed by atoms with Gasteiger partial charge in [-0.3, -0.25) is 4.79 Å². The molecule has 4 heteroatoms. The Bertz CT molecular complexity index is 707. The first kappa shape index (κ1) is 31.2.